The third-order valence-electron chi connectivity index (χ3n) is 6.66. The van der Waals surface area contributed by atoms with Gasteiger partial charge < -0.3 is 20.7 Å². The van der Waals surface area contributed by atoms with Crippen molar-refractivity contribution in [3.63, 3.8) is 0 Å². The molecule has 0 atom stereocenters. The topological polar surface area (TPSA) is 117 Å². The van der Waals surface area contributed by atoms with Gasteiger partial charge in [-0.05, 0) is 57.2 Å². The maximum absolute atomic E-state index is 11.1. The number of ether oxygens (including phenoxy) is 1. The van der Waals surface area contributed by atoms with Crippen LogP contribution in [0.4, 0.5) is 11.5 Å². The van der Waals surface area contributed by atoms with Crippen molar-refractivity contribution in [2.24, 2.45) is 0 Å². The summed E-state index contributed by atoms with van der Waals surface area (Å²) >= 11 is 0. The highest BCUT2D eigenvalue weighted by Crippen LogP contribution is 2.40. The first-order valence-electron chi connectivity index (χ1n) is 11.3. The van der Waals surface area contributed by atoms with Crippen molar-refractivity contribution in [1.29, 1.82) is 5.41 Å². The maximum Gasteiger partial charge on any atom is 0.207 e. The molecule has 1 aromatic carbocycles. The quantitative estimate of drug-likeness (QED) is 0.315. The second kappa shape index (κ2) is 8.76. The second-order valence-electron chi connectivity index (χ2n) is 9.22. The number of carbonyl (C=O) groups is 1. The zero-order valence-electron chi connectivity index (χ0n) is 18.9. The molecule has 1 aromatic heterocycles. The summed E-state index contributed by atoms with van der Waals surface area (Å²) in [6.07, 6.45) is 8.12. The Hall–Kier alpha value is -3.16. The van der Waals surface area contributed by atoms with Gasteiger partial charge in [0.2, 0.25) is 6.41 Å². The molecule has 1 saturated carbocycles. The van der Waals surface area contributed by atoms with E-state index in [0.29, 0.717) is 16.9 Å². The molecule has 0 spiro atoms. The molecule has 0 bridgehead atoms. The number of nitrogen functional groups attached to an aromatic ring is 1. The smallest absolute Gasteiger partial charge is 0.207 e. The maximum atomic E-state index is 11.1. The Bertz CT molecular complexity index is 996. The molecule has 2 fully saturated rings. The van der Waals surface area contributed by atoms with Gasteiger partial charge in [0.05, 0.1) is 11.4 Å². The fourth-order valence-corrected chi connectivity index (χ4v) is 4.41. The lowest BCUT2D eigenvalue weighted by Crippen LogP contribution is -2.53. The minimum atomic E-state index is -0.136. The van der Waals surface area contributed by atoms with Crippen LogP contribution in [0, 0.1) is 5.41 Å². The summed E-state index contributed by atoms with van der Waals surface area (Å²) in [6, 6.07) is 7.31. The molecule has 1 saturated heterocycles. The predicted octanol–water partition coefficient (Wildman–Crippen LogP) is 3.29. The first kappa shape index (κ1) is 22.0. The summed E-state index contributed by atoms with van der Waals surface area (Å²) in [5, 5.41) is 11.8. The van der Waals surface area contributed by atoms with Crippen molar-refractivity contribution in [3.8, 4) is 5.75 Å². The second-order valence-corrected chi connectivity index (χ2v) is 9.22. The molecule has 8 heteroatoms. The summed E-state index contributed by atoms with van der Waals surface area (Å²) in [6.45, 7) is 5.80. The van der Waals surface area contributed by atoms with Crippen molar-refractivity contribution in [2.45, 2.75) is 63.5 Å². The fourth-order valence-electron chi connectivity index (χ4n) is 4.41. The number of rotatable bonds is 9. The molecule has 32 heavy (non-hydrogen) atoms. The summed E-state index contributed by atoms with van der Waals surface area (Å²) in [5.74, 6) is 1.51. The minimum absolute atomic E-state index is 0.0996. The molecule has 1 aliphatic heterocycles. The molecule has 170 valence electrons. The number of anilines is 2. The predicted molar refractivity (Wildman–Crippen MR) is 125 cm³/mol. The van der Waals surface area contributed by atoms with Crippen LogP contribution in [-0.2, 0) is 4.79 Å². The van der Waals surface area contributed by atoms with Crippen LogP contribution in [0.25, 0.3) is 0 Å². The average molecular weight is 437 g/mol. The highest BCUT2D eigenvalue weighted by molar-refractivity contribution is 6.13. The number of hydrogen-bond donors (Lipinski definition) is 3. The Morgan fingerprint density at radius 2 is 2.00 bits per heavy atom. The van der Waals surface area contributed by atoms with Crippen LogP contribution in [0.5, 0.6) is 5.75 Å². The molecule has 0 radical (unpaired) electrons. The van der Waals surface area contributed by atoms with E-state index in [0.717, 1.165) is 69.6 Å². The summed E-state index contributed by atoms with van der Waals surface area (Å²) in [7, 11) is 0. The number of nitrogens with one attached hydrogen (secondary N) is 2. The molecular weight excluding hydrogens is 404 g/mol. The molecule has 1 aliphatic carbocycles. The number of benzene rings is 1. The summed E-state index contributed by atoms with van der Waals surface area (Å²) < 4.78 is 6.05. The van der Waals surface area contributed by atoms with E-state index in [1.807, 2.05) is 18.2 Å². The fraction of sp³-hybridized carbons (Fsp3) is 0.500. The van der Waals surface area contributed by atoms with Gasteiger partial charge in [0.15, 0.2) is 0 Å². The van der Waals surface area contributed by atoms with Gasteiger partial charge >= 0.3 is 0 Å². The Morgan fingerprint density at radius 1 is 1.25 bits per heavy atom. The van der Waals surface area contributed by atoms with E-state index in [2.05, 4.69) is 34.0 Å². The lowest BCUT2D eigenvalue weighted by Gasteiger charge is -2.42. The van der Waals surface area contributed by atoms with E-state index >= 15 is 0 Å². The molecule has 2 heterocycles. The van der Waals surface area contributed by atoms with E-state index in [1.54, 1.807) is 6.07 Å². The van der Waals surface area contributed by atoms with E-state index < -0.39 is 0 Å². The largest absolute Gasteiger partial charge is 0.488 e. The van der Waals surface area contributed by atoms with Gasteiger partial charge in [-0.1, -0.05) is 13.3 Å². The number of nitrogens with two attached hydrogens (primary N) is 1. The van der Waals surface area contributed by atoms with Crippen LogP contribution in [0.3, 0.4) is 0 Å². The van der Waals surface area contributed by atoms with Crippen LogP contribution in [-0.4, -0.2) is 46.3 Å². The van der Waals surface area contributed by atoms with Gasteiger partial charge in [0.1, 0.15) is 23.5 Å². The molecule has 4 rings (SSSR count). The van der Waals surface area contributed by atoms with Gasteiger partial charge in [-0.15, -0.1) is 0 Å². The van der Waals surface area contributed by atoms with Crippen LogP contribution in [0.2, 0.25) is 0 Å². The number of piperidine rings is 1. The monoisotopic (exact) mass is 436 g/mol. The highest BCUT2D eigenvalue weighted by Gasteiger charge is 2.40. The van der Waals surface area contributed by atoms with Crippen molar-refractivity contribution >= 4 is 23.6 Å². The van der Waals surface area contributed by atoms with Crippen molar-refractivity contribution in [1.82, 2.24) is 15.3 Å². The third kappa shape index (κ3) is 4.69. The van der Waals surface area contributed by atoms with Crippen LogP contribution >= 0.6 is 0 Å². The zero-order chi connectivity index (χ0) is 22.8. The molecular formula is C24H32N6O2. The van der Waals surface area contributed by atoms with Gasteiger partial charge in [-0.2, -0.15) is 0 Å². The van der Waals surface area contributed by atoms with Gasteiger partial charge in [0.25, 0.3) is 0 Å². The van der Waals surface area contributed by atoms with E-state index in [9.17, 15) is 4.79 Å². The zero-order valence-corrected chi connectivity index (χ0v) is 18.9. The Kier molecular flexibility index (Phi) is 6.04. The molecule has 0 unspecified atom stereocenters. The van der Waals surface area contributed by atoms with Crippen molar-refractivity contribution < 1.29 is 9.53 Å². The molecule has 2 aromatic rings. The van der Waals surface area contributed by atoms with Crippen LogP contribution in [0.1, 0.15) is 63.6 Å². The third-order valence-corrected chi connectivity index (χ3v) is 6.66. The molecule has 2 aliphatic rings. The molecule has 4 N–H and O–H groups in total. The van der Waals surface area contributed by atoms with Gasteiger partial charge in [-0.3, -0.25) is 10.2 Å². The number of hydrogen-bond acceptors (Lipinski definition) is 7. The molecule has 1 amide bonds. The van der Waals surface area contributed by atoms with E-state index in [1.165, 1.54) is 6.33 Å². The van der Waals surface area contributed by atoms with Crippen molar-refractivity contribution in [2.75, 3.05) is 23.7 Å². The molecule has 8 nitrogen and oxygen atoms in total. The Balaban J connectivity index is 1.50. The van der Waals surface area contributed by atoms with Crippen molar-refractivity contribution in [3.05, 3.63) is 41.9 Å². The first-order valence-corrected chi connectivity index (χ1v) is 11.3. The highest BCUT2D eigenvalue weighted by atomic mass is 16.5. The SMILES string of the molecule is CCCC1(NC=O)CCN(c2cc(C(=N)c3cc(OC4(C)CC4)ccc3N)ncn2)CC1. The van der Waals surface area contributed by atoms with Crippen LogP contribution < -0.4 is 20.7 Å². The lowest BCUT2D eigenvalue weighted by atomic mass is 9.83. The number of amides is 1. The van der Waals surface area contributed by atoms with Gasteiger partial charge in [0, 0.05) is 35.9 Å². The standard InChI is InChI=1S/C24H32N6O2/c1-3-6-24(29-16-31)9-11-30(12-10-24)21-14-20(27-15-28-21)22(26)18-13-17(4-5-19(18)25)32-23(2)7-8-23/h4-5,13-16,26H,3,6-12,25H2,1-2H3,(H,29,31). The van der Waals surface area contributed by atoms with E-state index in [4.69, 9.17) is 15.9 Å². The normalized spacial score (nSPS) is 18.6. The lowest BCUT2D eigenvalue weighted by molar-refractivity contribution is -0.111. The first-order chi connectivity index (χ1) is 15.4. The average Bonchev–Trinajstić information content (AvgIpc) is 3.52. The van der Waals surface area contributed by atoms with Gasteiger partial charge in [-0.25, -0.2) is 9.97 Å². The summed E-state index contributed by atoms with van der Waals surface area (Å²) in [5.41, 5.74) is 7.85. The number of nitrogens with zero attached hydrogens (tertiary/aromatic N) is 3. The Labute approximate surface area is 189 Å². The number of aromatic nitrogens is 2. The minimum Gasteiger partial charge on any atom is -0.488 e. The van der Waals surface area contributed by atoms with Crippen LogP contribution in [0.15, 0.2) is 30.6 Å². The Morgan fingerprint density at radius 3 is 2.66 bits per heavy atom. The summed E-state index contributed by atoms with van der Waals surface area (Å²) in [4.78, 5) is 22.1. The van der Waals surface area contributed by atoms with E-state index in [-0.39, 0.29) is 16.9 Å². The number of carbonyl (C=O) groups excluding carboxylic acids is 1.